The molecule has 1 aliphatic heterocycles. The summed E-state index contributed by atoms with van der Waals surface area (Å²) in [5.41, 5.74) is 0.636. The van der Waals surface area contributed by atoms with Gasteiger partial charge in [0.25, 0.3) is 19.4 Å². The largest absolute Gasteiger partial charge is 0.465 e. The first-order chi connectivity index (χ1) is 11.7. The Hall–Kier alpha value is -2.65. The summed E-state index contributed by atoms with van der Waals surface area (Å²) in [6, 6.07) is 7.92. The van der Waals surface area contributed by atoms with Gasteiger partial charge in [-0.2, -0.15) is 0 Å². The number of para-hydroxylation sites is 1. The normalized spacial score (nSPS) is 29.1. The molecule has 0 aromatic heterocycles. The van der Waals surface area contributed by atoms with Crippen LogP contribution in [0.1, 0.15) is 0 Å². The van der Waals surface area contributed by atoms with E-state index in [2.05, 4.69) is 10.1 Å². The molecule has 0 radical (unpaired) electrons. The Kier molecular flexibility index (Phi) is 6.52. The first-order valence-corrected chi connectivity index (χ1v) is 7.09. The van der Waals surface area contributed by atoms with E-state index in [1.165, 1.54) is 0 Å². The van der Waals surface area contributed by atoms with Crippen molar-refractivity contribution < 1.29 is 38.4 Å². The van der Waals surface area contributed by atoms with E-state index in [-0.39, 0.29) is 26.0 Å². The molecule has 0 bridgehead atoms. The predicted octanol–water partition coefficient (Wildman–Crippen LogP) is -0.560. The maximum Gasteiger partial charge on any atom is 0.293 e. The van der Waals surface area contributed by atoms with Crippen LogP contribution in [0.25, 0.3) is 0 Å². The van der Waals surface area contributed by atoms with Gasteiger partial charge >= 0.3 is 0 Å². The van der Waals surface area contributed by atoms with Gasteiger partial charge in [0.2, 0.25) is 0 Å². The van der Waals surface area contributed by atoms with Crippen LogP contribution in [-0.2, 0) is 33.3 Å². The number of hydrogen-bond acceptors (Lipinski definition) is 9. The van der Waals surface area contributed by atoms with Crippen molar-refractivity contribution in [3.8, 4) is 0 Å². The third kappa shape index (κ3) is 4.21. The number of carbonyl (C=O) groups is 3. The Labute approximate surface area is 137 Å². The Bertz CT molecular complexity index is 540. The zero-order valence-corrected chi connectivity index (χ0v) is 12.5. The minimum atomic E-state index is -1.40. The number of aliphatic hydroxyl groups is 1. The lowest BCUT2D eigenvalue weighted by Gasteiger charge is -2.42. The van der Waals surface area contributed by atoms with Gasteiger partial charge in [0.15, 0.2) is 18.5 Å². The summed E-state index contributed by atoms with van der Waals surface area (Å²) >= 11 is 0. The lowest BCUT2D eigenvalue weighted by Crippen LogP contribution is -2.62. The summed E-state index contributed by atoms with van der Waals surface area (Å²) in [6.07, 6.45) is -4.52. The molecule has 0 saturated carbocycles. The van der Waals surface area contributed by atoms with E-state index >= 15 is 0 Å². The van der Waals surface area contributed by atoms with Crippen LogP contribution < -0.4 is 5.32 Å². The minimum absolute atomic E-state index is 0.167. The fraction of sp³-hybridized carbons (Fsp3) is 0.400. The molecular weight excluding hydrogens is 322 g/mol. The Morgan fingerprint density at radius 2 is 1.71 bits per heavy atom. The van der Waals surface area contributed by atoms with Gasteiger partial charge in [0.05, 0.1) is 0 Å². The number of carbonyl (C=O) groups excluding carboxylic acids is 3. The van der Waals surface area contributed by atoms with E-state index in [1.807, 2.05) is 6.07 Å². The van der Waals surface area contributed by atoms with Crippen molar-refractivity contribution in [1.29, 1.82) is 0 Å². The minimum Gasteiger partial charge on any atom is -0.465 e. The second-order valence-corrected chi connectivity index (χ2v) is 4.92. The molecule has 0 aliphatic carbocycles. The highest BCUT2D eigenvalue weighted by atomic mass is 16.7. The monoisotopic (exact) mass is 339 g/mol. The second-order valence-electron chi connectivity index (χ2n) is 4.92. The van der Waals surface area contributed by atoms with E-state index in [9.17, 15) is 19.5 Å². The van der Waals surface area contributed by atoms with Gasteiger partial charge < -0.3 is 29.4 Å². The zero-order chi connectivity index (χ0) is 17.4. The van der Waals surface area contributed by atoms with Gasteiger partial charge in [-0.3, -0.25) is 14.4 Å². The average Bonchev–Trinajstić information content (AvgIpc) is 2.60. The van der Waals surface area contributed by atoms with E-state index in [1.54, 1.807) is 24.3 Å². The van der Waals surface area contributed by atoms with Crippen LogP contribution in [0.3, 0.4) is 0 Å². The fourth-order valence-corrected chi connectivity index (χ4v) is 2.52. The number of benzene rings is 1. The highest BCUT2D eigenvalue weighted by Crippen LogP contribution is 2.27. The van der Waals surface area contributed by atoms with Crippen molar-refractivity contribution in [2.75, 3.05) is 11.9 Å². The van der Waals surface area contributed by atoms with Crippen LogP contribution in [0.4, 0.5) is 5.69 Å². The Morgan fingerprint density at radius 3 is 2.33 bits per heavy atom. The standard InChI is InChI=1S/C15H17NO8/c17-7-21-6-11-13(22-8-18)14(23-9-19)12(15(20)24-11)16-10-4-2-1-3-5-10/h1-5,7-9,11-16,20H,6H2/t11-,12-,13+,14+,15-/m0/s1. The van der Waals surface area contributed by atoms with Crippen molar-refractivity contribution in [2.24, 2.45) is 0 Å². The lowest BCUT2D eigenvalue weighted by molar-refractivity contribution is -0.252. The summed E-state index contributed by atoms with van der Waals surface area (Å²) in [4.78, 5) is 32.0. The van der Waals surface area contributed by atoms with Crippen LogP contribution in [0.2, 0.25) is 0 Å². The number of nitrogens with one attached hydrogen (secondary N) is 1. The highest BCUT2D eigenvalue weighted by Gasteiger charge is 2.48. The molecule has 1 heterocycles. The number of rotatable bonds is 9. The molecule has 130 valence electrons. The van der Waals surface area contributed by atoms with Crippen molar-refractivity contribution in [2.45, 2.75) is 30.6 Å². The summed E-state index contributed by atoms with van der Waals surface area (Å²) in [5.74, 6) is 0. The highest BCUT2D eigenvalue weighted by molar-refractivity contribution is 5.46. The van der Waals surface area contributed by atoms with Gasteiger partial charge in [-0.15, -0.1) is 0 Å². The maximum absolute atomic E-state index is 10.8. The molecule has 0 spiro atoms. The van der Waals surface area contributed by atoms with Gasteiger partial charge in [0, 0.05) is 5.69 Å². The topological polar surface area (TPSA) is 120 Å². The molecule has 1 aromatic rings. The second kappa shape index (κ2) is 8.85. The van der Waals surface area contributed by atoms with Crippen LogP contribution in [-0.4, -0.2) is 61.8 Å². The molecule has 0 amide bonds. The summed E-state index contributed by atoms with van der Waals surface area (Å²) in [7, 11) is 0. The van der Waals surface area contributed by atoms with Crippen molar-refractivity contribution in [3.05, 3.63) is 30.3 Å². The molecule has 0 unspecified atom stereocenters. The Balaban J connectivity index is 2.23. The molecule has 9 nitrogen and oxygen atoms in total. The third-order valence-corrected chi connectivity index (χ3v) is 3.53. The third-order valence-electron chi connectivity index (χ3n) is 3.53. The summed E-state index contributed by atoms with van der Waals surface area (Å²) in [6.45, 7) is 0.259. The first-order valence-electron chi connectivity index (χ1n) is 7.09. The van der Waals surface area contributed by atoms with E-state index in [0.717, 1.165) is 0 Å². The fourth-order valence-electron chi connectivity index (χ4n) is 2.52. The Morgan fingerprint density at radius 1 is 1.04 bits per heavy atom. The van der Waals surface area contributed by atoms with E-state index in [0.29, 0.717) is 5.69 Å². The molecular formula is C15H17NO8. The smallest absolute Gasteiger partial charge is 0.293 e. The molecule has 5 atom stereocenters. The van der Waals surface area contributed by atoms with Crippen LogP contribution >= 0.6 is 0 Å². The zero-order valence-electron chi connectivity index (χ0n) is 12.5. The quantitative estimate of drug-likeness (QED) is 0.450. The number of ether oxygens (including phenoxy) is 4. The molecule has 2 rings (SSSR count). The molecule has 24 heavy (non-hydrogen) atoms. The summed E-state index contributed by atoms with van der Waals surface area (Å²) in [5, 5.41) is 13.2. The number of anilines is 1. The van der Waals surface area contributed by atoms with E-state index in [4.69, 9.17) is 14.2 Å². The summed E-state index contributed by atoms with van der Waals surface area (Å²) < 4.78 is 19.9. The van der Waals surface area contributed by atoms with Gasteiger partial charge in [0.1, 0.15) is 18.8 Å². The SMILES string of the molecule is O=COC[C@@H]1O[C@H](O)[C@@H](Nc2ccccc2)[C@@H](OC=O)[C@@H]1OC=O. The molecule has 1 fully saturated rings. The van der Waals surface area contributed by atoms with Crippen LogP contribution in [0.5, 0.6) is 0 Å². The van der Waals surface area contributed by atoms with Gasteiger partial charge in [-0.25, -0.2) is 0 Å². The molecule has 1 aromatic carbocycles. The van der Waals surface area contributed by atoms with Gasteiger partial charge in [-0.05, 0) is 12.1 Å². The lowest BCUT2D eigenvalue weighted by atomic mass is 9.96. The maximum atomic E-state index is 10.8. The van der Waals surface area contributed by atoms with Gasteiger partial charge in [-0.1, -0.05) is 18.2 Å². The van der Waals surface area contributed by atoms with E-state index < -0.39 is 30.6 Å². The molecule has 9 heteroatoms. The molecule has 1 aliphatic rings. The van der Waals surface area contributed by atoms with Crippen molar-refractivity contribution in [1.82, 2.24) is 0 Å². The van der Waals surface area contributed by atoms with Crippen LogP contribution in [0.15, 0.2) is 30.3 Å². The number of aliphatic hydroxyl groups excluding tert-OH is 1. The molecule has 1 saturated heterocycles. The first kappa shape index (κ1) is 17.7. The molecule has 2 N–H and O–H groups in total. The average molecular weight is 339 g/mol. The van der Waals surface area contributed by atoms with Crippen molar-refractivity contribution in [3.63, 3.8) is 0 Å². The number of hydrogen-bond donors (Lipinski definition) is 2. The predicted molar refractivity (Wildman–Crippen MR) is 78.6 cm³/mol. The van der Waals surface area contributed by atoms with Crippen molar-refractivity contribution >= 4 is 25.1 Å². The van der Waals surface area contributed by atoms with Crippen LogP contribution in [0, 0.1) is 0 Å².